The van der Waals surface area contributed by atoms with Crippen LogP contribution in [0.3, 0.4) is 0 Å². The Morgan fingerprint density at radius 3 is 2.00 bits per heavy atom. The number of aliphatic hydroxyl groups is 1. The summed E-state index contributed by atoms with van der Waals surface area (Å²) in [6.45, 7) is 5.79. The number of nitrogens with one attached hydrogen (secondary N) is 1. The highest BCUT2D eigenvalue weighted by Crippen LogP contribution is 2.34. The van der Waals surface area contributed by atoms with Crippen LogP contribution in [0.4, 0.5) is 0 Å². The van der Waals surface area contributed by atoms with Gasteiger partial charge in [-0.15, -0.1) is 0 Å². The predicted molar refractivity (Wildman–Crippen MR) is 118 cm³/mol. The van der Waals surface area contributed by atoms with Gasteiger partial charge in [0, 0.05) is 12.0 Å². The molecule has 3 heteroatoms. The van der Waals surface area contributed by atoms with Crippen molar-refractivity contribution in [1.82, 2.24) is 5.32 Å². The van der Waals surface area contributed by atoms with Crippen molar-refractivity contribution in [3.05, 3.63) is 89.7 Å². The van der Waals surface area contributed by atoms with Crippen LogP contribution < -0.4 is 5.32 Å². The van der Waals surface area contributed by atoms with Crippen molar-refractivity contribution in [1.29, 1.82) is 0 Å². The molecule has 0 aromatic heterocycles. The molecule has 1 aliphatic heterocycles. The summed E-state index contributed by atoms with van der Waals surface area (Å²) in [7, 11) is 0. The van der Waals surface area contributed by atoms with Gasteiger partial charge in [-0.05, 0) is 60.2 Å². The summed E-state index contributed by atoms with van der Waals surface area (Å²) >= 11 is 0. The minimum absolute atomic E-state index is 0.151. The monoisotopic (exact) mass is 383 g/mol. The average molecular weight is 383 g/mol. The number of carbonyl (C=O) groups excluding carboxylic acids is 1. The first-order valence-electron chi connectivity index (χ1n) is 9.85. The van der Waals surface area contributed by atoms with E-state index >= 15 is 0 Å². The molecule has 3 aromatic rings. The molecule has 1 aliphatic rings. The van der Waals surface area contributed by atoms with E-state index in [4.69, 9.17) is 0 Å². The van der Waals surface area contributed by atoms with E-state index in [0.29, 0.717) is 12.0 Å². The molecule has 0 saturated carbocycles. The van der Waals surface area contributed by atoms with E-state index in [2.05, 4.69) is 47.8 Å². The average Bonchev–Trinajstić information content (AvgIpc) is 2.69. The summed E-state index contributed by atoms with van der Waals surface area (Å²) in [6, 6.07) is 24.7. The maximum absolute atomic E-state index is 12.7. The van der Waals surface area contributed by atoms with Gasteiger partial charge < -0.3 is 10.4 Å². The lowest BCUT2D eigenvalue weighted by Gasteiger charge is -2.32. The standard InChI is InChI=1S/C26H25NO2/c1-17-9-10-21(15-22(17)24-23(28)16-26(2,3)27-25(24)29)20-13-11-19(12-14-20)18-7-5-4-6-8-18/h4-15,28H,16H2,1-3H3,(H,27,29). The molecule has 29 heavy (non-hydrogen) atoms. The second kappa shape index (κ2) is 7.25. The van der Waals surface area contributed by atoms with Gasteiger partial charge in [0.2, 0.25) is 0 Å². The number of hydrogen-bond donors (Lipinski definition) is 2. The summed E-state index contributed by atoms with van der Waals surface area (Å²) in [5, 5.41) is 13.6. The van der Waals surface area contributed by atoms with E-state index < -0.39 is 5.54 Å². The molecule has 2 N–H and O–H groups in total. The molecule has 1 heterocycles. The first kappa shape index (κ1) is 19.0. The van der Waals surface area contributed by atoms with Crippen LogP contribution in [-0.4, -0.2) is 16.6 Å². The Morgan fingerprint density at radius 1 is 0.828 bits per heavy atom. The van der Waals surface area contributed by atoms with E-state index in [-0.39, 0.29) is 11.7 Å². The quantitative estimate of drug-likeness (QED) is 0.592. The zero-order valence-electron chi connectivity index (χ0n) is 17.0. The largest absolute Gasteiger partial charge is 0.511 e. The fourth-order valence-corrected chi connectivity index (χ4v) is 3.89. The third kappa shape index (κ3) is 3.81. The molecule has 0 spiro atoms. The summed E-state index contributed by atoms with van der Waals surface area (Å²) in [5.74, 6) is -0.0724. The molecule has 146 valence electrons. The van der Waals surface area contributed by atoms with Crippen LogP contribution in [0.1, 0.15) is 31.4 Å². The molecule has 0 saturated heterocycles. The summed E-state index contributed by atoms with van der Waals surface area (Å²) in [6.07, 6.45) is 0.420. The maximum Gasteiger partial charge on any atom is 0.255 e. The lowest BCUT2D eigenvalue weighted by Crippen LogP contribution is -2.47. The number of rotatable bonds is 3. The highest BCUT2D eigenvalue weighted by Gasteiger charge is 2.33. The van der Waals surface area contributed by atoms with Crippen LogP contribution in [0.25, 0.3) is 27.8 Å². The molecular formula is C26H25NO2. The SMILES string of the molecule is Cc1ccc(-c2ccc(-c3ccccc3)cc2)cc1C1=C(O)CC(C)(C)NC1=O. The molecule has 0 atom stereocenters. The first-order chi connectivity index (χ1) is 13.8. The van der Waals surface area contributed by atoms with Gasteiger partial charge in [-0.3, -0.25) is 4.79 Å². The Hall–Kier alpha value is -3.33. The number of benzene rings is 3. The zero-order valence-corrected chi connectivity index (χ0v) is 17.0. The predicted octanol–water partition coefficient (Wildman–Crippen LogP) is 5.90. The molecule has 0 radical (unpaired) electrons. The van der Waals surface area contributed by atoms with E-state index in [1.807, 2.05) is 51.1 Å². The van der Waals surface area contributed by atoms with E-state index in [0.717, 1.165) is 27.8 Å². The van der Waals surface area contributed by atoms with Gasteiger partial charge in [0.25, 0.3) is 5.91 Å². The van der Waals surface area contributed by atoms with Crippen molar-refractivity contribution >= 4 is 11.5 Å². The van der Waals surface area contributed by atoms with E-state index in [1.54, 1.807) is 0 Å². The summed E-state index contributed by atoms with van der Waals surface area (Å²) < 4.78 is 0. The molecule has 0 unspecified atom stereocenters. The van der Waals surface area contributed by atoms with Gasteiger partial charge in [0.05, 0.1) is 5.57 Å². The minimum atomic E-state index is -0.441. The summed E-state index contributed by atoms with van der Waals surface area (Å²) in [5.41, 5.74) is 6.11. The van der Waals surface area contributed by atoms with Gasteiger partial charge in [-0.1, -0.05) is 66.7 Å². The molecule has 0 fully saturated rings. The van der Waals surface area contributed by atoms with Crippen molar-refractivity contribution in [3.8, 4) is 22.3 Å². The number of amides is 1. The Bertz CT molecular complexity index is 1090. The highest BCUT2D eigenvalue weighted by atomic mass is 16.3. The Labute approximate surface area is 171 Å². The van der Waals surface area contributed by atoms with Crippen LogP contribution in [-0.2, 0) is 4.79 Å². The van der Waals surface area contributed by atoms with Gasteiger partial charge in [-0.25, -0.2) is 0 Å². The molecular weight excluding hydrogens is 358 g/mol. The van der Waals surface area contributed by atoms with E-state index in [1.165, 1.54) is 5.56 Å². The van der Waals surface area contributed by atoms with Gasteiger partial charge in [-0.2, -0.15) is 0 Å². The number of hydrogen-bond acceptors (Lipinski definition) is 2. The normalized spacial score (nSPS) is 15.9. The molecule has 0 aliphatic carbocycles. The lowest BCUT2D eigenvalue weighted by atomic mass is 9.87. The molecule has 3 nitrogen and oxygen atoms in total. The smallest absolute Gasteiger partial charge is 0.255 e. The van der Waals surface area contributed by atoms with Gasteiger partial charge >= 0.3 is 0 Å². The molecule has 1 amide bonds. The Morgan fingerprint density at radius 2 is 1.38 bits per heavy atom. The first-order valence-corrected chi connectivity index (χ1v) is 9.85. The number of carbonyl (C=O) groups is 1. The second-order valence-corrected chi connectivity index (χ2v) is 8.31. The third-order valence-corrected chi connectivity index (χ3v) is 5.41. The van der Waals surface area contributed by atoms with Crippen LogP contribution in [0, 0.1) is 6.92 Å². The van der Waals surface area contributed by atoms with Gasteiger partial charge in [0.15, 0.2) is 0 Å². The Kier molecular flexibility index (Phi) is 4.75. The number of aliphatic hydroxyl groups excluding tert-OH is 1. The Balaban J connectivity index is 1.72. The van der Waals surface area contributed by atoms with Crippen molar-refractivity contribution in [2.45, 2.75) is 32.7 Å². The molecule has 4 rings (SSSR count). The van der Waals surface area contributed by atoms with E-state index in [9.17, 15) is 9.90 Å². The number of aryl methyl sites for hydroxylation is 1. The lowest BCUT2D eigenvalue weighted by molar-refractivity contribution is -0.117. The minimum Gasteiger partial charge on any atom is -0.511 e. The fourth-order valence-electron chi connectivity index (χ4n) is 3.89. The van der Waals surface area contributed by atoms with Crippen LogP contribution >= 0.6 is 0 Å². The van der Waals surface area contributed by atoms with Crippen LogP contribution in [0.15, 0.2) is 78.6 Å². The topological polar surface area (TPSA) is 49.3 Å². The summed E-state index contributed by atoms with van der Waals surface area (Å²) in [4.78, 5) is 12.7. The fraction of sp³-hybridized carbons (Fsp3) is 0.192. The van der Waals surface area contributed by atoms with Crippen molar-refractivity contribution in [2.75, 3.05) is 0 Å². The van der Waals surface area contributed by atoms with Crippen molar-refractivity contribution in [2.24, 2.45) is 0 Å². The van der Waals surface area contributed by atoms with Crippen LogP contribution in [0.5, 0.6) is 0 Å². The maximum atomic E-state index is 12.7. The van der Waals surface area contributed by atoms with Gasteiger partial charge in [0.1, 0.15) is 5.76 Å². The zero-order chi connectivity index (χ0) is 20.6. The third-order valence-electron chi connectivity index (χ3n) is 5.41. The highest BCUT2D eigenvalue weighted by molar-refractivity contribution is 6.21. The second-order valence-electron chi connectivity index (χ2n) is 8.31. The van der Waals surface area contributed by atoms with Crippen molar-refractivity contribution in [3.63, 3.8) is 0 Å². The molecule has 0 bridgehead atoms. The van der Waals surface area contributed by atoms with Crippen molar-refractivity contribution < 1.29 is 9.90 Å². The molecule has 3 aromatic carbocycles. The van der Waals surface area contributed by atoms with Crippen LogP contribution in [0.2, 0.25) is 0 Å².